The summed E-state index contributed by atoms with van der Waals surface area (Å²) in [5.74, 6) is 1.93. The van der Waals surface area contributed by atoms with Crippen molar-refractivity contribution in [3.05, 3.63) is 0 Å². The van der Waals surface area contributed by atoms with Crippen molar-refractivity contribution in [1.82, 2.24) is 5.32 Å². The molecule has 0 aromatic heterocycles. The van der Waals surface area contributed by atoms with E-state index in [1.165, 1.54) is 0 Å². The Labute approximate surface area is 77.9 Å². The molecule has 0 heterocycles. The Morgan fingerprint density at radius 3 is 2.83 bits per heavy atom. The van der Waals surface area contributed by atoms with Crippen molar-refractivity contribution < 1.29 is 9.90 Å². The maximum Gasteiger partial charge on any atom is 0.221 e. The van der Waals surface area contributed by atoms with Crippen LogP contribution in [0.1, 0.15) is 20.3 Å². The molecular weight excluding hydrogens is 174 g/mol. The van der Waals surface area contributed by atoms with Crippen molar-refractivity contribution in [3.63, 3.8) is 0 Å². The van der Waals surface area contributed by atoms with Crippen molar-refractivity contribution in [1.29, 1.82) is 0 Å². The van der Waals surface area contributed by atoms with E-state index in [0.29, 0.717) is 6.42 Å². The third-order valence-corrected chi connectivity index (χ3v) is 2.26. The first kappa shape index (κ1) is 11.8. The highest BCUT2D eigenvalue weighted by molar-refractivity contribution is 7.99. The molecule has 0 saturated carbocycles. The van der Waals surface area contributed by atoms with Crippen LogP contribution in [0.2, 0.25) is 0 Å². The van der Waals surface area contributed by atoms with Crippen LogP contribution >= 0.6 is 11.8 Å². The standard InChI is InChI=1S/C8H17NO2S/c1-3-12-5-4-8(11)9-7(2)6-10/h7,10H,3-6H2,1-2H3,(H,9,11). The predicted molar refractivity (Wildman–Crippen MR) is 52.3 cm³/mol. The predicted octanol–water partition coefficient (Wildman–Crippen LogP) is 0.627. The smallest absolute Gasteiger partial charge is 0.221 e. The van der Waals surface area contributed by atoms with Gasteiger partial charge in [-0.3, -0.25) is 4.79 Å². The Hall–Kier alpha value is -0.220. The average Bonchev–Trinajstić information content (AvgIpc) is 2.05. The first-order chi connectivity index (χ1) is 5.70. The zero-order chi connectivity index (χ0) is 9.40. The molecule has 0 aliphatic carbocycles. The molecule has 0 aliphatic rings. The van der Waals surface area contributed by atoms with E-state index in [0.717, 1.165) is 11.5 Å². The minimum atomic E-state index is -0.121. The molecule has 4 heteroatoms. The second-order valence-electron chi connectivity index (χ2n) is 2.60. The number of rotatable bonds is 6. The lowest BCUT2D eigenvalue weighted by molar-refractivity contribution is -0.121. The SMILES string of the molecule is CCSCCC(=O)NC(C)CO. The summed E-state index contributed by atoms with van der Waals surface area (Å²) in [6, 6.07) is -0.121. The van der Waals surface area contributed by atoms with Gasteiger partial charge in [0.1, 0.15) is 0 Å². The first-order valence-electron chi connectivity index (χ1n) is 4.18. The van der Waals surface area contributed by atoms with E-state index in [4.69, 9.17) is 5.11 Å². The Balaban J connectivity index is 3.33. The second kappa shape index (κ2) is 7.43. The maximum atomic E-state index is 11.1. The van der Waals surface area contributed by atoms with E-state index >= 15 is 0 Å². The van der Waals surface area contributed by atoms with E-state index in [2.05, 4.69) is 12.2 Å². The molecule has 0 spiro atoms. The number of thioether (sulfide) groups is 1. The number of aliphatic hydroxyl groups excluding tert-OH is 1. The van der Waals surface area contributed by atoms with Crippen molar-refractivity contribution in [2.24, 2.45) is 0 Å². The fourth-order valence-corrected chi connectivity index (χ4v) is 1.32. The van der Waals surface area contributed by atoms with E-state index in [1.54, 1.807) is 18.7 Å². The summed E-state index contributed by atoms with van der Waals surface area (Å²) in [5, 5.41) is 11.3. The fraction of sp³-hybridized carbons (Fsp3) is 0.875. The maximum absolute atomic E-state index is 11.1. The quantitative estimate of drug-likeness (QED) is 0.605. The van der Waals surface area contributed by atoms with Gasteiger partial charge < -0.3 is 10.4 Å². The van der Waals surface area contributed by atoms with Gasteiger partial charge in [-0.15, -0.1) is 0 Å². The molecule has 0 aromatic rings. The molecule has 3 nitrogen and oxygen atoms in total. The van der Waals surface area contributed by atoms with Gasteiger partial charge in [0.25, 0.3) is 0 Å². The molecule has 0 aliphatic heterocycles. The molecule has 1 unspecified atom stereocenters. The van der Waals surface area contributed by atoms with Gasteiger partial charge in [-0.1, -0.05) is 6.92 Å². The van der Waals surface area contributed by atoms with Crippen LogP contribution in [-0.4, -0.2) is 35.2 Å². The van der Waals surface area contributed by atoms with Crippen LogP contribution < -0.4 is 5.32 Å². The van der Waals surface area contributed by atoms with Crippen LogP contribution in [0.15, 0.2) is 0 Å². The van der Waals surface area contributed by atoms with Gasteiger partial charge in [0.2, 0.25) is 5.91 Å². The molecule has 1 amide bonds. The molecule has 0 bridgehead atoms. The number of hydrogen-bond donors (Lipinski definition) is 2. The van der Waals surface area contributed by atoms with Crippen LogP contribution in [0, 0.1) is 0 Å². The number of carbonyl (C=O) groups is 1. The molecule has 72 valence electrons. The minimum Gasteiger partial charge on any atom is -0.394 e. The number of amides is 1. The van der Waals surface area contributed by atoms with Gasteiger partial charge in [0.05, 0.1) is 6.61 Å². The average molecular weight is 191 g/mol. The molecule has 2 N–H and O–H groups in total. The number of aliphatic hydroxyl groups is 1. The highest BCUT2D eigenvalue weighted by atomic mass is 32.2. The minimum absolute atomic E-state index is 0.00661. The van der Waals surface area contributed by atoms with Crippen molar-refractivity contribution >= 4 is 17.7 Å². The summed E-state index contributed by atoms with van der Waals surface area (Å²) in [5.41, 5.74) is 0. The van der Waals surface area contributed by atoms with Crippen molar-refractivity contribution in [3.8, 4) is 0 Å². The van der Waals surface area contributed by atoms with Gasteiger partial charge in [-0.25, -0.2) is 0 Å². The zero-order valence-corrected chi connectivity index (χ0v) is 8.49. The third-order valence-electron chi connectivity index (χ3n) is 1.36. The van der Waals surface area contributed by atoms with Crippen LogP contribution in [0.25, 0.3) is 0 Å². The van der Waals surface area contributed by atoms with Gasteiger partial charge in [0, 0.05) is 18.2 Å². The molecule has 0 aromatic carbocycles. The van der Waals surface area contributed by atoms with E-state index < -0.39 is 0 Å². The summed E-state index contributed by atoms with van der Waals surface area (Å²) in [4.78, 5) is 11.1. The first-order valence-corrected chi connectivity index (χ1v) is 5.34. The summed E-state index contributed by atoms with van der Waals surface area (Å²) < 4.78 is 0. The topological polar surface area (TPSA) is 49.3 Å². The third kappa shape index (κ3) is 6.49. The van der Waals surface area contributed by atoms with Crippen LogP contribution in [0.4, 0.5) is 0 Å². The molecule has 0 fully saturated rings. The Morgan fingerprint density at radius 1 is 1.67 bits per heavy atom. The highest BCUT2D eigenvalue weighted by Crippen LogP contribution is 2.00. The Morgan fingerprint density at radius 2 is 2.33 bits per heavy atom. The summed E-state index contributed by atoms with van der Waals surface area (Å²) in [7, 11) is 0. The second-order valence-corrected chi connectivity index (χ2v) is 3.99. The van der Waals surface area contributed by atoms with E-state index in [9.17, 15) is 4.79 Å². The van der Waals surface area contributed by atoms with Gasteiger partial charge in [-0.05, 0) is 12.7 Å². The van der Waals surface area contributed by atoms with Crippen molar-refractivity contribution in [2.45, 2.75) is 26.3 Å². The normalized spacial score (nSPS) is 12.6. The highest BCUT2D eigenvalue weighted by Gasteiger charge is 2.04. The zero-order valence-electron chi connectivity index (χ0n) is 7.67. The Bertz CT molecular complexity index is 130. The fourth-order valence-electron chi connectivity index (χ4n) is 0.702. The lowest BCUT2D eigenvalue weighted by atomic mass is 10.3. The summed E-state index contributed by atoms with van der Waals surface area (Å²) >= 11 is 1.75. The monoisotopic (exact) mass is 191 g/mol. The lowest BCUT2D eigenvalue weighted by Gasteiger charge is -2.09. The molecule has 0 rings (SSSR count). The Kier molecular flexibility index (Phi) is 7.29. The van der Waals surface area contributed by atoms with Crippen LogP contribution in [0.3, 0.4) is 0 Å². The summed E-state index contributed by atoms with van der Waals surface area (Å²) in [6.07, 6.45) is 0.544. The molecule has 1 atom stereocenters. The summed E-state index contributed by atoms with van der Waals surface area (Å²) in [6.45, 7) is 3.86. The van der Waals surface area contributed by atoms with Crippen molar-refractivity contribution in [2.75, 3.05) is 18.1 Å². The molecule has 0 saturated heterocycles. The van der Waals surface area contributed by atoms with E-state index in [1.807, 2.05) is 0 Å². The lowest BCUT2D eigenvalue weighted by Crippen LogP contribution is -2.35. The largest absolute Gasteiger partial charge is 0.394 e. The van der Waals surface area contributed by atoms with Gasteiger partial charge in [0.15, 0.2) is 0 Å². The van der Waals surface area contributed by atoms with E-state index in [-0.39, 0.29) is 18.6 Å². The van der Waals surface area contributed by atoms with Gasteiger partial charge >= 0.3 is 0 Å². The number of nitrogens with one attached hydrogen (secondary N) is 1. The van der Waals surface area contributed by atoms with Crippen LogP contribution in [-0.2, 0) is 4.79 Å². The van der Waals surface area contributed by atoms with Crippen LogP contribution in [0.5, 0.6) is 0 Å². The molecule has 12 heavy (non-hydrogen) atoms. The number of carbonyl (C=O) groups excluding carboxylic acids is 1. The van der Waals surface area contributed by atoms with Gasteiger partial charge in [-0.2, -0.15) is 11.8 Å². The number of hydrogen-bond acceptors (Lipinski definition) is 3. The molecular formula is C8H17NO2S. The molecule has 0 radical (unpaired) electrons.